The van der Waals surface area contributed by atoms with Crippen LogP contribution in [-0.4, -0.2) is 70.7 Å². The van der Waals surface area contributed by atoms with Crippen molar-refractivity contribution in [1.29, 1.82) is 0 Å². The third-order valence-corrected chi connectivity index (χ3v) is 4.88. The van der Waals surface area contributed by atoms with E-state index in [1.807, 2.05) is 0 Å². The van der Waals surface area contributed by atoms with Gasteiger partial charge in [0.25, 0.3) is 0 Å². The molecular weight excluding hydrogens is 406 g/mol. The van der Waals surface area contributed by atoms with Crippen LogP contribution in [0.25, 0.3) is 0 Å². The Labute approximate surface area is 183 Å². The fraction of sp³-hybridized carbons (Fsp3) is 0.800. The number of hydrogen-bond acceptors (Lipinski definition) is 7. The molecular formula is C20H39N5O6. The molecule has 0 rings (SSSR count). The summed E-state index contributed by atoms with van der Waals surface area (Å²) in [5, 5.41) is 26.4. The van der Waals surface area contributed by atoms with E-state index >= 15 is 0 Å². The normalized spacial score (nSPS) is 16.2. The highest BCUT2D eigenvalue weighted by molar-refractivity contribution is 5.94. The van der Waals surface area contributed by atoms with Crippen molar-refractivity contribution in [2.24, 2.45) is 23.3 Å². The summed E-state index contributed by atoms with van der Waals surface area (Å²) in [5.74, 6) is -3.77. The van der Waals surface area contributed by atoms with Gasteiger partial charge >= 0.3 is 5.97 Å². The Kier molecular flexibility index (Phi) is 12.9. The van der Waals surface area contributed by atoms with Gasteiger partial charge in [-0.3, -0.25) is 14.4 Å². The molecule has 0 aromatic rings. The molecule has 5 unspecified atom stereocenters. The van der Waals surface area contributed by atoms with Crippen LogP contribution < -0.4 is 27.4 Å². The van der Waals surface area contributed by atoms with Gasteiger partial charge in [0.05, 0.1) is 6.10 Å². The van der Waals surface area contributed by atoms with E-state index in [-0.39, 0.29) is 18.3 Å². The van der Waals surface area contributed by atoms with E-state index in [9.17, 15) is 29.4 Å². The van der Waals surface area contributed by atoms with Crippen LogP contribution in [0, 0.1) is 11.8 Å². The number of amides is 3. The average Bonchev–Trinajstić information content (AvgIpc) is 2.67. The zero-order chi connectivity index (χ0) is 24.3. The summed E-state index contributed by atoms with van der Waals surface area (Å²) in [6.45, 7) is 8.62. The van der Waals surface area contributed by atoms with Crippen molar-refractivity contribution in [1.82, 2.24) is 16.0 Å². The minimum absolute atomic E-state index is 0.221. The first kappa shape index (κ1) is 28.8. The lowest BCUT2D eigenvalue weighted by atomic mass is 9.98. The van der Waals surface area contributed by atoms with E-state index in [0.717, 1.165) is 0 Å². The number of carboxylic acid groups (broad SMARTS) is 1. The molecule has 0 heterocycles. The molecule has 0 aliphatic rings. The smallest absolute Gasteiger partial charge is 0.326 e. The molecule has 0 aromatic heterocycles. The predicted octanol–water partition coefficient (Wildman–Crippen LogP) is -1.33. The predicted molar refractivity (Wildman–Crippen MR) is 116 cm³/mol. The number of aliphatic carboxylic acids is 1. The zero-order valence-electron chi connectivity index (χ0n) is 19.1. The quantitative estimate of drug-likeness (QED) is 0.160. The van der Waals surface area contributed by atoms with Gasteiger partial charge in [0, 0.05) is 0 Å². The summed E-state index contributed by atoms with van der Waals surface area (Å²) in [6.07, 6.45) is 0.294. The summed E-state index contributed by atoms with van der Waals surface area (Å²) < 4.78 is 0. The number of aliphatic hydroxyl groups is 1. The Bertz CT molecular complexity index is 611. The zero-order valence-corrected chi connectivity index (χ0v) is 19.1. The molecule has 0 aliphatic heterocycles. The number of nitrogens with one attached hydrogen (secondary N) is 3. The van der Waals surface area contributed by atoms with Crippen molar-refractivity contribution < 1.29 is 29.4 Å². The van der Waals surface area contributed by atoms with Crippen molar-refractivity contribution >= 4 is 23.7 Å². The van der Waals surface area contributed by atoms with Crippen LogP contribution in [0.5, 0.6) is 0 Å². The van der Waals surface area contributed by atoms with Gasteiger partial charge in [0.1, 0.15) is 24.2 Å². The average molecular weight is 446 g/mol. The molecule has 0 aromatic carbocycles. The fourth-order valence-corrected chi connectivity index (χ4v) is 2.79. The summed E-state index contributed by atoms with van der Waals surface area (Å²) in [6, 6.07) is -4.30. The van der Waals surface area contributed by atoms with E-state index in [2.05, 4.69) is 16.0 Å². The van der Waals surface area contributed by atoms with E-state index in [1.165, 1.54) is 6.92 Å². The number of hydrogen-bond donors (Lipinski definition) is 7. The Morgan fingerprint density at radius 1 is 0.806 bits per heavy atom. The van der Waals surface area contributed by atoms with Crippen LogP contribution in [0.3, 0.4) is 0 Å². The highest BCUT2D eigenvalue weighted by Gasteiger charge is 2.33. The summed E-state index contributed by atoms with van der Waals surface area (Å²) >= 11 is 0. The Morgan fingerprint density at radius 3 is 1.65 bits per heavy atom. The maximum absolute atomic E-state index is 12.8. The molecule has 3 amide bonds. The van der Waals surface area contributed by atoms with Gasteiger partial charge in [0.15, 0.2) is 0 Å². The van der Waals surface area contributed by atoms with Crippen LogP contribution in [0.2, 0.25) is 0 Å². The van der Waals surface area contributed by atoms with E-state index in [4.69, 9.17) is 11.5 Å². The number of carboxylic acids is 1. The standard InChI is InChI=1S/C20H39N5O6/c1-10(2)15(18(28)23-13(20(30)31)8-6-7-9-21)25-19(29)16(11(3)4)24-17(27)14(22)12(5)26/h10-16,26H,6-9,21-22H2,1-5H3,(H,23,28)(H,24,27)(H,25,29)(H,30,31). The molecule has 0 spiro atoms. The second-order valence-corrected chi connectivity index (χ2v) is 8.41. The third kappa shape index (κ3) is 10.1. The molecule has 11 heteroatoms. The van der Waals surface area contributed by atoms with E-state index < -0.39 is 54.0 Å². The SMILES string of the molecule is CC(C)C(NC(=O)C(N)C(C)O)C(=O)NC(C(=O)NC(CCCCN)C(=O)O)C(C)C. The minimum Gasteiger partial charge on any atom is -0.480 e. The molecule has 180 valence electrons. The lowest BCUT2D eigenvalue weighted by Crippen LogP contribution is -2.60. The van der Waals surface area contributed by atoms with Crippen molar-refractivity contribution in [2.45, 2.75) is 84.2 Å². The van der Waals surface area contributed by atoms with Crippen molar-refractivity contribution in [3.63, 3.8) is 0 Å². The number of aliphatic hydroxyl groups excluding tert-OH is 1. The lowest BCUT2D eigenvalue weighted by molar-refractivity contribution is -0.143. The summed E-state index contributed by atoms with van der Waals surface area (Å²) in [4.78, 5) is 49.2. The highest BCUT2D eigenvalue weighted by Crippen LogP contribution is 2.09. The first-order chi connectivity index (χ1) is 14.3. The molecule has 0 radical (unpaired) electrons. The number of carbonyl (C=O) groups is 4. The second kappa shape index (κ2) is 13.9. The number of unbranched alkanes of at least 4 members (excludes halogenated alkanes) is 1. The van der Waals surface area contributed by atoms with Crippen molar-refractivity contribution in [2.75, 3.05) is 6.54 Å². The maximum Gasteiger partial charge on any atom is 0.326 e. The third-order valence-electron chi connectivity index (χ3n) is 4.88. The summed E-state index contributed by atoms with van der Waals surface area (Å²) in [7, 11) is 0. The van der Waals surface area contributed by atoms with Gasteiger partial charge in [0.2, 0.25) is 17.7 Å². The molecule has 11 nitrogen and oxygen atoms in total. The highest BCUT2D eigenvalue weighted by atomic mass is 16.4. The van der Waals surface area contributed by atoms with Gasteiger partial charge in [-0.15, -0.1) is 0 Å². The molecule has 0 saturated carbocycles. The first-order valence-corrected chi connectivity index (χ1v) is 10.6. The number of rotatable bonds is 14. The number of carbonyl (C=O) groups excluding carboxylic acids is 3. The molecule has 0 aliphatic carbocycles. The van der Waals surface area contributed by atoms with Crippen LogP contribution >= 0.6 is 0 Å². The lowest BCUT2D eigenvalue weighted by Gasteiger charge is -2.28. The van der Waals surface area contributed by atoms with E-state index in [1.54, 1.807) is 27.7 Å². The monoisotopic (exact) mass is 445 g/mol. The summed E-state index contributed by atoms with van der Waals surface area (Å²) in [5.41, 5.74) is 11.0. The van der Waals surface area contributed by atoms with Crippen LogP contribution in [0.4, 0.5) is 0 Å². The van der Waals surface area contributed by atoms with Gasteiger partial charge in [-0.2, -0.15) is 0 Å². The fourth-order valence-electron chi connectivity index (χ4n) is 2.79. The molecule has 9 N–H and O–H groups in total. The molecule has 5 atom stereocenters. The minimum atomic E-state index is -1.21. The Balaban J connectivity index is 5.30. The van der Waals surface area contributed by atoms with Crippen LogP contribution in [0.15, 0.2) is 0 Å². The molecule has 0 fully saturated rings. The van der Waals surface area contributed by atoms with E-state index in [0.29, 0.717) is 19.4 Å². The van der Waals surface area contributed by atoms with Crippen molar-refractivity contribution in [3.8, 4) is 0 Å². The number of nitrogens with two attached hydrogens (primary N) is 2. The van der Waals surface area contributed by atoms with Gasteiger partial charge < -0.3 is 37.6 Å². The van der Waals surface area contributed by atoms with Crippen LogP contribution in [-0.2, 0) is 19.2 Å². The Morgan fingerprint density at radius 2 is 1.26 bits per heavy atom. The Hall–Kier alpha value is -2.24. The van der Waals surface area contributed by atoms with Crippen molar-refractivity contribution in [3.05, 3.63) is 0 Å². The van der Waals surface area contributed by atoms with Gasteiger partial charge in [-0.1, -0.05) is 27.7 Å². The molecule has 0 saturated heterocycles. The van der Waals surface area contributed by atoms with Crippen LogP contribution in [0.1, 0.15) is 53.9 Å². The molecule has 31 heavy (non-hydrogen) atoms. The van der Waals surface area contributed by atoms with Gasteiger partial charge in [-0.05, 0) is 44.6 Å². The second-order valence-electron chi connectivity index (χ2n) is 8.41. The largest absolute Gasteiger partial charge is 0.480 e. The molecule has 0 bridgehead atoms. The first-order valence-electron chi connectivity index (χ1n) is 10.6. The maximum atomic E-state index is 12.8. The topological polar surface area (TPSA) is 197 Å². The van der Waals surface area contributed by atoms with Gasteiger partial charge in [-0.25, -0.2) is 4.79 Å².